The van der Waals surface area contributed by atoms with E-state index in [4.69, 9.17) is 9.47 Å². The summed E-state index contributed by atoms with van der Waals surface area (Å²) in [4.78, 5) is 32.2. The van der Waals surface area contributed by atoms with Crippen LogP contribution in [-0.2, 0) is 9.59 Å². The number of piperazine rings is 1. The third-order valence-corrected chi connectivity index (χ3v) is 5.95. The van der Waals surface area contributed by atoms with Crippen molar-refractivity contribution in [1.82, 2.24) is 14.7 Å². The summed E-state index contributed by atoms with van der Waals surface area (Å²) in [5, 5.41) is 9.20. The van der Waals surface area contributed by atoms with Crippen molar-refractivity contribution >= 4 is 17.4 Å². The number of carbonyl (C=O) groups excluding carboxylic acids is 2. The molecule has 8 nitrogen and oxygen atoms in total. The summed E-state index contributed by atoms with van der Waals surface area (Å²) in [6, 6.07) is 16.5. The summed E-state index contributed by atoms with van der Waals surface area (Å²) in [6.07, 6.45) is 0. The molecule has 0 spiro atoms. The van der Waals surface area contributed by atoms with Crippen molar-refractivity contribution in [3.8, 4) is 11.5 Å². The predicted octanol–water partition coefficient (Wildman–Crippen LogP) is 1.46. The van der Waals surface area contributed by atoms with Gasteiger partial charge in [-0.25, -0.2) is 0 Å². The van der Waals surface area contributed by atoms with E-state index in [1.807, 2.05) is 35.2 Å². The topological polar surface area (TPSA) is 82.6 Å². The second-order valence-corrected chi connectivity index (χ2v) is 7.93. The van der Waals surface area contributed by atoms with E-state index >= 15 is 0 Å². The van der Waals surface area contributed by atoms with Crippen LogP contribution in [0, 0.1) is 0 Å². The number of β-amino-alcohol motifs (C(OH)–C–C–N with tert-alkyl or cyclic N) is 1. The summed E-state index contributed by atoms with van der Waals surface area (Å²) in [7, 11) is 1.60. The Morgan fingerprint density at radius 3 is 2.15 bits per heavy atom. The van der Waals surface area contributed by atoms with Crippen molar-refractivity contribution < 1.29 is 24.2 Å². The number of ether oxygens (including phenoxy) is 2. The first-order valence-corrected chi connectivity index (χ1v) is 11.1. The number of amides is 2. The first kappa shape index (κ1) is 22.8. The van der Waals surface area contributed by atoms with E-state index in [-0.39, 0.29) is 31.6 Å². The molecule has 1 fully saturated rings. The molecule has 2 aromatic carbocycles. The molecular weight excluding hydrogens is 422 g/mol. The maximum Gasteiger partial charge on any atom is 0.277 e. The monoisotopic (exact) mass is 451 g/mol. The highest BCUT2D eigenvalue weighted by Gasteiger charge is 2.41. The average molecular weight is 452 g/mol. The third-order valence-electron chi connectivity index (χ3n) is 5.95. The molecule has 0 bridgehead atoms. The van der Waals surface area contributed by atoms with Gasteiger partial charge in [-0.15, -0.1) is 0 Å². The Morgan fingerprint density at radius 1 is 0.848 bits per heavy atom. The van der Waals surface area contributed by atoms with Crippen LogP contribution >= 0.6 is 0 Å². The lowest BCUT2D eigenvalue weighted by atomic mass is 10.0. The highest BCUT2D eigenvalue weighted by molar-refractivity contribution is 6.35. The molecule has 0 atom stereocenters. The van der Waals surface area contributed by atoms with Crippen LogP contribution in [0.5, 0.6) is 11.5 Å². The van der Waals surface area contributed by atoms with Gasteiger partial charge in [0.2, 0.25) is 0 Å². The lowest BCUT2D eigenvalue weighted by Crippen LogP contribution is -2.48. The molecule has 0 aliphatic carbocycles. The minimum Gasteiger partial charge on any atom is -0.497 e. The van der Waals surface area contributed by atoms with Gasteiger partial charge >= 0.3 is 0 Å². The van der Waals surface area contributed by atoms with Crippen molar-refractivity contribution in [2.75, 3.05) is 59.6 Å². The van der Waals surface area contributed by atoms with Crippen LogP contribution < -0.4 is 9.47 Å². The minimum atomic E-state index is -0.294. The van der Waals surface area contributed by atoms with Gasteiger partial charge in [-0.1, -0.05) is 30.3 Å². The molecule has 1 saturated heterocycles. The van der Waals surface area contributed by atoms with Gasteiger partial charge in [0.15, 0.2) is 0 Å². The van der Waals surface area contributed by atoms with Gasteiger partial charge in [0.1, 0.15) is 23.8 Å². The third kappa shape index (κ3) is 5.02. The molecule has 33 heavy (non-hydrogen) atoms. The maximum atomic E-state index is 13.4. The molecule has 1 N–H and O–H groups in total. The molecule has 2 amide bonds. The Labute approximate surface area is 193 Å². The molecular formula is C25H29N3O5. The number of carbonyl (C=O) groups is 2. The van der Waals surface area contributed by atoms with E-state index in [1.54, 1.807) is 31.4 Å². The lowest BCUT2D eigenvalue weighted by Gasteiger charge is -2.36. The number of methoxy groups -OCH3 is 1. The van der Waals surface area contributed by atoms with Gasteiger partial charge in [0.25, 0.3) is 11.8 Å². The number of aliphatic hydroxyl groups excluding tert-OH is 1. The van der Waals surface area contributed by atoms with E-state index in [9.17, 15) is 14.7 Å². The standard InChI is InChI=1S/C25H29N3O5/c1-32-20-7-9-21(10-8-20)33-18-16-28-24(30)22(19-5-3-2-4-6-19)23(25(28)31)27-13-11-26(12-14-27)15-17-29/h2-10,29H,11-18H2,1H3. The number of nitrogens with zero attached hydrogens (tertiary/aromatic N) is 3. The Kier molecular flexibility index (Phi) is 7.26. The van der Waals surface area contributed by atoms with Crippen molar-refractivity contribution in [2.45, 2.75) is 0 Å². The smallest absolute Gasteiger partial charge is 0.277 e. The Balaban J connectivity index is 1.49. The molecule has 2 aromatic rings. The van der Waals surface area contributed by atoms with Crippen molar-refractivity contribution in [3.63, 3.8) is 0 Å². The summed E-state index contributed by atoms with van der Waals surface area (Å²) in [5.41, 5.74) is 1.64. The first-order chi connectivity index (χ1) is 16.1. The van der Waals surface area contributed by atoms with Gasteiger partial charge in [-0.05, 0) is 29.8 Å². The fourth-order valence-corrected chi connectivity index (χ4v) is 4.19. The molecule has 4 rings (SSSR count). The van der Waals surface area contributed by atoms with E-state index in [0.717, 1.165) is 24.4 Å². The largest absolute Gasteiger partial charge is 0.497 e. The molecule has 0 saturated carbocycles. The Morgan fingerprint density at radius 2 is 1.52 bits per heavy atom. The number of rotatable bonds is 9. The second kappa shape index (κ2) is 10.5. The van der Waals surface area contributed by atoms with Crippen LogP contribution in [0.25, 0.3) is 5.57 Å². The molecule has 2 heterocycles. The van der Waals surface area contributed by atoms with E-state index in [0.29, 0.717) is 36.7 Å². The molecule has 2 aliphatic rings. The number of aliphatic hydroxyl groups is 1. The molecule has 8 heteroatoms. The van der Waals surface area contributed by atoms with Gasteiger partial charge < -0.3 is 19.5 Å². The van der Waals surface area contributed by atoms with Gasteiger partial charge in [-0.3, -0.25) is 19.4 Å². The van der Waals surface area contributed by atoms with Gasteiger partial charge in [0, 0.05) is 32.7 Å². The van der Waals surface area contributed by atoms with Crippen LogP contribution in [0.1, 0.15) is 5.56 Å². The Hall–Kier alpha value is -3.36. The van der Waals surface area contributed by atoms with Crippen molar-refractivity contribution in [2.24, 2.45) is 0 Å². The highest BCUT2D eigenvalue weighted by atomic mass is 16.5. The zero-order valence-corrected chi connectivity index (χ0v) is 18.8. The summed E-state index contributed by atoms with van der Waals surface area (Å²) < 4.78 is 10.9. The predicted molar refractivity (Wildman–Crippen MR) is 124 cm³/mol. The zero-order valence-electron chi connectivity index (χ0n) is 18.8. The van der Waals surface area contributed by atoms with Gasteiger partial charge in [-0.2, -0.15) is 0 Å². The number of hydrogen-bond donors (Lipinski definition) is 1. The summed E-state index contributed by atoms with van der Waals surface area (Å²) >= 11 is 0. The van der Waals surface area contributed by atoms with Crippen LogP contribution in [0.4, 0.5) is 0 Å². The lowest BCUT2D eigenvalue weighted by molar-refractivity contribution is -0.138. The van der Waals surface area contributed by atoms with E-state index < -0.39 is 0 Å². The first-order valence-electron chi connectivity index (χ1n) is 11.1. The maximum absolute atomic E-state index is 13.4. The van der Waals surface area contributed by atoms with Gasteiger partial charge in [0.05, 0.1) is 25.8 Å². The second-order valence-electron chi connectivity index (χ2n) is 7.93. The van der Waals surface area contributed by atoms with E-state index in [2.05, 4.69) is 4.90 Å². The van der Waals surface area contributed by atoms with Crippen molar-refractivity contribution in [1.29, 1.82) is 0 Å². The van der Waals surface area contributed by atoms with Crippen LogP contribution in [-0.4, -0.2) is 91.2 Å². The average Bonchev–Trinajstić information content (AvgIpc) is 3.10. The quantitative estimate of drug-likeness (QED) is 0.578. The molecule has 0 aromatic heterocycles. The number of benzene rings is 2. The van der Waals surface area contributed by atoms with Crippen molar-refractivity contribution in [3.05, 3.63) is 65.9 Å². The summed E-state index contributed by atoms with van der Waals surface area (Å²) in [6.45, 7) is 3.79. The normalized spacial score (nSPS) is 17.2. The van der Waals surface area contributed by atoms with Crippen LogP contribution in [0.3, 0.4) is 0 Å². The van der Waals surface area contributed by atoms with E-state index in [1.165, 1.54) is 4.90 Å². The Bertz CT molecular complexity index is 998. The summed E-state index contributed by atoms with van der Waals surface area (Å²) in [5.74, 6) is 0.796. The molecule has 0 radical (unpaired) electrons. The fraction of sp³-hybridized carbons (Fsp3) is 0.360. The molecule has 174 valence electrons. The zero-order chi connectivity index (χ0) is 23.2. The van der Waals surface area contributed by atoms with Crippen LogP contribution in [0.15, 0.2) is 60.3 Å². The van der Waals surface area contributed by atoms with Crippen LogP contribution in [0.2, 0.25) is 0 Å². The fourth-order valence-electron chi connectivity index (χ4n) is 4.19. The molecule has 2 aliphatic heterocycles. The highest BCUT2D eigenvalue weighted by Crippen LogP contribution is 2.32. The number of hydrogen-bond acceptors (Lipinski definition) is 7. The minimum absolute atomic E-state index is 0.108. The SMILES string of the molecule is COc1ccc(OCCN2C(=O)C(c3ccccc3)=C(N3CCN(CCO)CC3)C2=O)cc1. The molecule has 0 unspecified atom stereocenters. The number of imide groups is 1.